The number of benzene rings is 1. The molecule has 4 heteroatoms. The third-order valence-corrected chi connectivity index (χ3v) is 2.92. The lowest BCUT2D eigenvalue weighted by molar-refractivity contribution is 0.342. The predicted molar refractivity (Wildman–Crippen MR) is 81.8 cm³/mol. The Labute approximate surface area is 116 Å². The van der Waals surface area contributed by atoms with Crippen molar-refractivity contribution in [1.82, 2.24) is 10.2 Å². The molecule has 0 saturated carbocycles. The van der Waals surface area contributed by atoms with Crippen molar-refractivity contribution in [2.45, 2.75) is 19.8 Å². The molecule has 3 N–H and O–H groups in total. The smallest absolute Gasteiger partial charge is 0.142 e. The van der Waals surface area contributed by atoms with Gasteiger partial charge < -0.3 is 20.7 Å². The predicted octanol–water partition coefficient (Wildman–Crippen LogP) is 1.75. The number of rotatable bonds is 9. The average Bonchev–Trinajstić information content (AvgIpc) is 2.36. The van der Waals surface area contributed by atoms with E-state index in [2.05, 4.69) is 30.4 Å². The lowest BCUT2D eigenvalue weighted by Gasteiger charge is -2.11. The molecule has 0 aliphatic heterocycles. The molecule has 0 radical (unpaired) electrons. The van der Waals surface area contributed by atoms with Crippen LogP contribution in [0, 0.1) is 0 Å². The number of nitrogens with one attached hydrogen (secondary N) is 1. The molecule has 0 aromatic heterocycles. The highest BCUT2D eigenvalue weighted by atomic mass is 16.5. The summed E-state index contributed by atoms with van der Waals surface area (Å²) in [4.78, 5) is 2.20. The monoisotopic (exact) mass is 265 g/mol. The van der Waals surface area contributed by atoms with E-state index in [9.17, 15) is 0 Å². The van der Waals surface area contributed by atoms with E-state index < -0.39 is 0 Å². The van der Waals surface area contributed by atoms with Crippen molar-refractivity contribution in [3.05, 3.63) is 23.8 Å². The Kier molecular flexibility index (Phi) is 7.30. The topological polar surface area (TPSA) is 50.5 Å². The van der Waals surface area contributed by atoms with Crippen LogP contribution in [0.25, 0.3) is 0 Å². The Morgan fingerprint density at radius 2 is 2.05 bits per heavy atom. The molecule has 1 rings (SSSR count). The van der Waals surface area contributed by atoms with Crippen molar-refractivity contribution in [2.24, 2.45) is 0 Å². The maximum absolute atomic E-state index is 5.94. The van der Waals surface area contributed by atoms with E-state index >= 15 is 0 Å². The molecule has 0 amide bonds. The third-order valence-electron chi connectivity index (χ3n) is 2.92. The van der Waals surface area contributed by atoms with Crippen molar-refractivity contribution >= 4 is 5.69 Å². The van der Waals surface area contributed by atoms with Gasteiger partial charge in [0.25, 0.3) is 0 Å². The van der Waals surface area contributed by atoms with Crippen molar-refractivity contribution in [3.63, 3.8) is 0 Å². The molecule has 0 saturated heterocycles. The van der Waals surface area contributed by atoms with Gasteiger partial charge in [-0.25, -0.2) is 0 Å². The van der Waals surface area contributed by atoms with E-state index in [1.54, 1.807) is 0 Å². The quantitative estimate of drug-likeness (QED) is 0.527. The van der Waals surface area contributed by atoms with Crippen LogP contribution in [0.4, 0.5) is 5.69 Å². The molecule has 0 atom stereocenters. The molecule has 4 nitrogen and oxygen atoms in total. The van der Waals surface area contributed by atoms with Gasteiger partial charge in [-0.15, -0.1) is 0 Å². The number of nitrogen functional groups attached to an aromatic ring is 1. The number of ether oxygens (including phenoxy) is 1. The molecule has 0 aliphatic carbocycles. The molecule has 0 heterocycles. The second-order valence-corrected chi connectivity index (χ2v) is 4.96. The summed E-state index contributed by atoms with van der Waals surface area (Å²) >= 11 is 0. The molecule has 1 aromatic rings. The SMILES string of the molecule is CCOc1ccc(CCNCCCN(C)C)cc1N. The minimum Gasteiger partial charge on any atom is -0.492 e. The molecule has 0 fully saturated rings. The maximum atomic E-state index is 5.94. The Balaban J connectivity index is 2.24. The Hall–Kier alpha value is -1.26. The second-order valence-electron chi connectivity index (χ2n) is 4.96. The molecule has 0 unspecified atom stereocenters. The van der Waals surface area contributed by atoms with E-state index in [1.807, 2.05) is 19.1 Å². The van der Waals surface area contributed by atoms with Gasteiger partial charge in [0, 0.05) is 0 Å². The van der Waals surface area contributed by atoms with Gasteiger partial charge in [-0.2, -0.15) is 0 Å². The van der Waals surface area contributed by atoms with Crippen molar-refractivity contribution in [2.75, 3.05) is 46.1 Å². The van der Waals surface area contributed by atoms with Crippen LogP contribution in [0.5, 0.6) is 5.75 Å². The van der Waals surface area contributed by atoms with Crippen LogP contribution in [0.2, 0.25) is 0 Å². The second kappa shape index (κ2) is 8.77. The lowest BCUT2D eigenvalue weighted by atomic mass is 10.1. The van der Waals surface area contributed by atoms with Gasteiger partial charge in [0.05, 0.1) is 12.3 Å². The fraction of sp³-hybridized carbons (Fsp3) is 0.600. The number of hydrogen-bond donors (Lipinski definition) is 2. The zero-order chi connectivity index (χ0) is 14.1. The average molecular weight is 265 g/mol. The van der Waals surface area contributed by atoms with Gasteiger partial charge in [-0.1, -0.05) is 6.07 Å². The number of nitrogens with zero attached hydrogens (tertiary/aromatic N) is 1. The van der Waals surface area contributed by atoms with E-state index in [4.69, 9.17) is 10.5 Å². The maximum Gasteiger partial charge on any atom is 0.142 e. The van der Waals surface area contributed by atoms with E-state index in [0.717, 1.165) is 37.5 Å². The Bertz CT molecular complexity index is 366. The molecular formula is C15H27N3O. The first-order valence-electron chi connectivity index (χ1n) is 7.00. The minimum atomic E-state index is 0.650. The lowest BCUT2D eigenvalue weighted by Crippen LogP contribution is -2.23. The largest absolute Gasteiger partial charge is 0.492 e. The summed E-state index contributed by atoms with van der Waals surface area (Å²) < 4.78 is 5.43. The summed E-state index contributed by atoms with van der Waals surface area (Å²) in [5.41, 5.74) is 7.92. The molecule has 0 spiro atoms. The van der Waals surface area contributed by atoms with Crippen molar-refractivity contribution < 1.29 is 4.74 Å². The molecule has 0 bridgehead atoms. The zero-order valence-corrected chi connectivity index (χ0v) is 12.4. The molecule has 1 aromatic carbocycles. The summed E-state index contributed by atoms with van der Waals surface area (Å²) in [5, 5.41) is 3.45. The van der Waals surface area contributed by atoms with Crippen LogP contribution in [-0.2, 0) is 6.42 Å². The first kappa shape index (κ1) is 15.8. The summed E-state index contributed by atoms with van der Waals surface area (Å²) in [6, 6.07) is 6.05. The van der Waals surface area contributed by atoms with Gasteiger partial charge >= 0.3 is 0 Å². The first-order valence-corrected chi connectivity index (χ1v) is 7.00. The summed E-state index contributed by atoms with van der Waals surface area (Å²) in [7, 11) is 4.20. The number of nitrogens with two attached hydrogens (primary N) is 1. The van der Waals surface area contributed by atoms with Crippen LogP contribution in [0.1, 0.15) is 18.9 Å². The number of hydrogen-bond acceptors (Lipinski definition) is 4. The highest BCUT2D eigenvalue weighted by Crippen LogP contribution is 2.22. The van der Waals surface area contributed by atoms with Gasteiger partial charge in [-0.3, -0.25) is 0 Å². The van der Waals surface area contributed by atoms with E-state index in [-0.39, 0.29) is 0 Å². The Morgan fingerprint density at radius 3 is 2.68 bits per heavy atom. The molecule has 0 aliphatic rings. The summed E-state index contributed by atoms with van der Waals surface area (Å²) in [5.74, 6) is 0.783. The van der Waals surface area contributed by atoms with Gasteiger partial charge in [0.2, 0.25) is 0 Å². The van der Waals surface area contributed by atoms with E-state index in [1.165, 1.54) is 12.0 Å². The van der Waals surface area contributed by atoms with Gasteiger partial charge in [0.1, 0.15) is 5.75 Å². The minimum absolute atomic E-state index is 0.650. The highest BCUT2D eigenvalue weighted by Gasteiger charge is 2.01. The Morgan fingerprint density at radius 1 is 1.26 bits per heavy atom. The number of anilines is 1. The molecule has 19 heavy (non-hydrogen) atoms. The highest BCUT2D eigenvalue weighted by molar-refractivity contribution is 5.54. The fourth-order valence-electron chi connectivity index (χ4n) is 1.92. The van der Waals surface area contributed by atoms with Gasteiger partial charge in [0.15, 0.2) is 0 Å². The first-order chi connectivity index (χ1) is 9.13. The van der Waals surface area contributed by atoms with E-state index in [0.29, 0.717) is 6.61 Å². The van der Waals surface area contributed by atoms with Gasteiger partial charge in [-0.05, 0) is 71.2 Å². The van der Waals surface area contributed by atoms with Crippen molar-refractivity contribution in [1.29, 1.82) is 0 Å². The normalized spacial score (nSPS) is 10.9. The summed E-state index contributed by atoms with van der Waals surface area (Å²) in [6.45, 7) is 5.79. The zero-order valence-electron chi connectivity index (χ0n) is 12.4. The third kappa shape index (κ3) is 6.45. The van der Waals surface area contributed by atoms with Crippen LogP contribution >= 0.6 is 0 Å². The molecule has 108 valence electrons. The van der Waals surface area contributed by atoms with Crippen LogP contribution in [-0.4, -0.2) is 45.2 Å². The van der Waals surface area contributed by atoms with Crippen LogP contribution in [0.15, 0.2) is 18.2 Å². The molecular weight excluding hydrogens is 238 g/mol. The fourth-order valence-corrected chi connectivity index (χ4v) is 1.92. The van der Waals surface area contributed by atoms with Crippen LogP contribution < -0.4 is 15.8 Å². The standard InChI is InChI=1S/C15H27N3O/c1-4-19-15-7-6-13(12-14(15)16)8-10-17-9-5-11-18(2)3/h6-7,12,17H,4-5,8-11,16H2,1-3H3. The van der Waals surface area contributed by atoms with Crippen LogP contribution in [0.3, 0.4) is 0 Å². The van der Waals surface area contributed by atoms with Crippen molar-refractivity contribution in [3.8, 4) is 5.75 Å². The summed E-state index contributed by atoms with van der Waals surface area (Å²) in [6.07, 6.45) is 2.18.